The first-order chi connectivity index (χ1) is 8.49. The van der Waals surface area contributed by atoms with E-state index in [1.165, 1.54) is 17.1 Å². The molecule has 1 heterocycles. The highest BCUT2D eigenvalue weighted by molar-refractivity contribution is 7.99. The summed E-state index contributed by atoms with van der Waals surface area (Å²) in [6.07, 6.45) is 5.65. The van der Waals surface area contributed by atoms with Crippen LogP contribution in [-0.4, -0.2) is 42.8 Å². The van der Waals surface area contributed by atoms with Gasteiger partial charge >= 0.3 is 0 Å². The summed E-state index contributed by atoms with van der Waals surface area (Å²) >= 11 is 1.72. The fourth-order valence-corrected chi connectivity index (χ4v) is 2.69. The molecule has 0 aliphatic heterocycles. The maximum atomic E-state index is 11.9. The molecule has 104 valence electrons. The van der Waals surface area contributed by atoms with Gasteiger partial charge in [-0.1, -0.05) is 6.92 Å². The molecule has 0 saturated carbocycles. The van der Waals surface area contributed by atoms with Crippen molar-refractivity contribution in [2.75, 3.05) is 19.3 Å². The van der Waals surface area contributed by atoms with Crippen molar-refractivity contribution >= 4 is 21.8 Å². The highest BCUT2D eigenvalue weighted by Crippen LogP contribution is 2.10. The Kier molecular flexibility index (Phi) is 6.13. The third-order valence-electron chi connectivity index (χ3n) is 2.52. The monoisotopic (exact) mass is 292 g/mol. The number of nitrogens with one attached hydrogen (secondary N) is 1. The Hall–Kier alpha value is -0.570. The molecule has 8 heteroatoms. The van der Waals surface area contributed by atoms with Crippen molar-refractivity contribution in [2.45, 2.75) is 30.0 Å². The Bertz CT molecular complexity index is 458. The Morgan fingerprint density at radius 2 is 2.33 bits per heavy atom. The van der Waals surface area contributed by atoms with Gasteiger partial charge < -0.3 is 5.73 Å². The summed E-state index contributed by atoms with van der Waals surface area (Å²) in [5, 5.41) is 4.38. The summed E-state index contributed by atoms with van der Waals surface area (Å²) in [4.78, 5) is 0.188. The van der Waals surface area contributed by atoms with Crippen molar-refractivity contribution in [3.8, 4) is 0 Å². The van der Waals surface area contributed by atoms with E-state index in [0.717, 1.165) is 6.42 Å². The van der Waals surface area contributed by atoms with Gasteiger partial charge in [0.25, 0.3) is 0 Å². The zero-order valence-corrected chi connectivity index (χ0v) is 12.3. The van der Waals surface area contributed by atoms with Gasteiger partial charge in [0.15, 0.2) is 0 Å². The lowest BCUT2D eigenvalue weighted by Crippen LogP contribution is -2.26. The third-order valence-corrected chi connectivity index (χ3v) is 4.98. The predicted octanol–water partition coefficient (Wildman–Crippen LogP) is 0.262. The Labute approximate surface area is 112 Å². The minimum atomic E-state index is -3.45. The average molecular weight is 292 g/mol. The Morgan fingerprint density at radius 1 is 1.61 bits per heavy atom. The van der Waals surface area contributed by atoms with Gasteiger partial charge in [0.1, 0.15) is 4.90 Å². The second kappa shape index (κ2) is 7.13. The van der Waals surface area contributed by atoms with E-state index in [1.54, 1.807) is 11.8 Å². The van der Waals surface area contributed by atoms with E-state index in [0.29, 0.717) is 24.9 Å². The van der Waals surface area contributed by atoms with Crippen LogP contribution in [0.25, 0.3) is 0 Å². The van der Waals surface area contributed by atoms with Crippen LogP contribution in [0.4, 0.5) is 0 Å². The van der Waals surface area contributed by atoms with Crippen LogP contribution >= 0.6 is 11.8 Å². The fraction of sp³-hybridized carbons (Fsp3) is 0.700. The molecular weight excluding hydrogens is 272 g/mol. The number of nitrogens with zero attached hydrogens (tertiary/aromatic N) is 2. The molecule has 0 bridgehead atoms. The molecule has 1 atom stereocenters. The SMILES string of the molecule is CSC(C)CCNS(=O)(=O)c1cnn(CCN)c1. The molecule has 1 rings (SSSR count). The van der Waals surface area contributed by atoms with Gasteiger partial charge in [-0.2, -0.15) is 16.9 Å². The fourth-order valence-electron chi connectivity index (χ4n) is 1.34. The number of nitrogens with two attached hydrogens (primary N) is 1. The van der Waals surface area contributed by atoms with Crippen LogP contribution in [0.1, 0.15) is 13.3 Å². The van der Waals surface area contributed by atoms with E-state index in [2.05, 4.69) is 16.7 Å². The molecule has 0 fully saturated rings. The van der Waals surface area contributed by atoms with Crippen molar-refractivity contribution in [1.82, 2.24) is 14.5 Å². The molecule has 6 nitrogen and oxygen atoms in total. The molecule has 1 aromatic heterocycles. The molecule has 0 aromatic carbocycles. The Morgan fingerprint density at radius 3 is 2.94 bits per heavy atom. The molecular formula is C10H20N4O2S2. The minimum absolute atomic E-state index is 0.188. The second-order valence-corrected chi connectivity index (χ2v) is 7.00. The molecule has 1 unspecified atom stereocenters. The molecule has 0 aliphatic rings. The van der Waals surface area contributed by atoms with Crippen LogP contribution in [0, 0.1) is 0 Å². The number of hydrogen-bond acceptors (Lipinski definition) is 5. The number of aromatic nitrogens is 2. The Balaban J connectivity index is 2.56. The van der Waals surface area contributed by atoms with Crippen LogP contribution in [0.2, 0.25) is 0 Å². The molecule has 3 N–H and O–H groups in total. The summed E-state index contributed by atoms with van der Waals surface area (Å²) in [7, 11) is -3.45. The van der Waals surface area contributed by atoms with Gasteiger partial charge in [-0.15, -0.1) is 0 Å². The van der Waals surface area contributed by atoms with E-state index >= 15 is 0 Å². The molecule has 18 heavy (non-hydrogen) atoms. The van der Waals surface area contributed by atoms with E-state index in [1.807, 2.05) is 6.26 Å². The maximum absolute atomic E-state index is 11.9. The summed E-state index contributed by atoms with van der Waals surface area (Å²) in [6.45, 7) is 3.45. The average Bonchev–Trinajstić information content (AvgIpc) is 2.78. The van der Waals surface area contributed by atoms with Crippen LogP contribution < -0.4 is 10.5 Å². The summed E-state index contributed by atoms with van der Waals surface area (Å²) in [5.41, 5.74) is 5.38. The summed E-state index contributed by atoms with van der Waals surface area (Å²) < 4.78 is 27.9. The van der Waals surface area contributed by atoms with Gasteiger partial charge in [-0.05, 0) is 12.7 Å². The third kappa shape index (κ3) is 4.60. The quantitative estimate of drug-likeness (QED) is 0.717. The van der Waals surface area contributed by atoms with Crippen molar-refractivity contribution < 1.29 is 8.42 Å². The molecule has 1 aromatic rings. The first-order valence-electron chi connectivity index (χ1n) is 5.74. The maximum Gasteiger partial charge on any atom is 0.243 e. The van der Waals surface area contributed by atoms with Gasteiger partial charge in [0.2, 0.25) is 10.0 Å². The summed E-state index contributed by atoms with van der Waals surface area (Å²) in [6, 6.07) is 0. The normalized spacial score (nSPS) is 13.7. The minimum Gasteiger partial charge on any atom is -0.329 e. The van der Waals surface area contributed by atoms with Gasteiger partial charge in [0, 0.05) is 24.5 Å². The number of hydrogen-bond donors (Lipinski definition) is 2. The van der Waals surface area contributed by atoms with Gasteiger partial charge in [-0.25, -0.2) is 13.1 Å². The van der Waals surface area contributed by atoms with Crippen molar-refractivity contribution in [3.05, 3.63) is 12.4 Å². The number of sulfonamides is 1. The molecule has 0 aliphatic carbocycles. The molecule has 0 amide bonds. The van der Waals surface area contributed by atoms with Crippen molar-refractivity contribution in [2.24, 2.45) is 5.73 Å². The first-order valence-corrected chi connectivity index (χ1v) is 8.51. The highest BCUT2D eigenvalue weighted by Gasteiger charge is 2.16. The lowest BCUT2D eigenvalue weighted by Gasteiger charge is -2.08. The number of thioether (sulfide) groups is 1. The van der Waals surface area contributed by atoms with Crippen LogP contribution in [0.3, 0.4) is 0 Å². The summed E-state index contributed by atoms with van der Waals surface area (Å²) in [5.74, 6) is 0. The van der Waals surface area contributed by atoms with E-state index in [4.69, 9.17) is 5.73 Å². The van der Waals surface area contributed by atoms with E-state index in [-0.39, 0.29) is 4.90 Å². The van der Waals surface area contributed by atoms with Crippen LogP contribution in [-0.2, 0) is 16.6 Å². The lowest BCUT2D eigenvalue weighted by molar-refractivity contribution is 0.578. The topological polar surface area (TPSA) is 90.0 Å². The number of rotatable bonds is 8. The van der Waals surface area contributed by atoms with Crippen LogP contribution in [0.5, 0.6) is 0 Å². The standard InChI is InChI=1S/C10H20N4O2S2/c1-9(17-2)3-5-13-18(15,16)10-7-12-14(8-10)6-4-11/h7-9,13H,3-6,11H2,1-2H3. The van der Waals surface area contributed by atoms with Gasteiger partial charge in [0.05, 0.1) is 12.7 Å². The molecule has 0 radical (unpaired) electrons. The predicted molar refractivity (Wildman–Crippen MR) is 74.1 cm³/mol. The van der Waals surface area contributed by atoms with Gasteiger partial charge in [-0.3, -0.25) is 4.68 Å². The molecule has 0 spiro atoms. The van der Waals surface area contributed by atoms with Crippen molar-refractivity contribution in [1.29, 1.82) is 0 Å². The highest BCUT2D eigenvalue weighted by atomic mass is 32.2. The van der Waals surface area contributed by atoms with E-state index < -0.39 is 10.0 Å². The first kappa shape index (κ1) is 15.5. The van der Waals surface area contributed by atoms with Crippen molar-refractivity contribution in [3.63, 3.8) is 0 Å². The van der Waals surface area contributed by atoms with Crippen LogP contribution in [0.15, 0.2) is 17.3 Å². The zero-order valence-electron chi connectivity index (χ0n) is 10.7. The largest absolute Gasteiger partial charge is 0.329 e. The molecule has 0 saturated heterocycles. The zero-order chi connectivity index (χ0) is 13.6. The lowest BCUT2D eigenvalue weighted by atomic mass is 10.3. The second-order valence-electron chi connectivity index (χ2n) is 3.96. The van der Waals surface area contributed by atoms with E-state index in [9.17, 15) is 8.42 Å². The smallest absolute Gasteiger partial charge is 0.243 e.